The molecule has 0 saturated carbocycles. The molecule has 3 rings (SSSR count). The standard InChI is InChI=1S/C22H31N5O3S/c1-3-9-19-24-25-22(31)27(19)14-20(28)23-17(4-2)16-10-5-6-11-18(16)30-15-21(29)26-12-7-8-13-26/h5-6,10-11,17H,3-4,7-9,12-15H2,1-2H3,(H,23,28)(H,25,31). The van der Waals surface area contributed by atoms with Crippen LogP contribution in [0.5, 0.6) is 5.75 Å². The van der Waals surface area contributed by atoms with Gasteiger partial charge in [0.1, 0.15) is 18.1 Å². The third-order valence-corrected chi connectivity index (χ3v) is 5.77. The molecule has 1 fully saturated rings. The zero-order chi connectivity index (χ0) is 22.2. The zero-order valence-corrected chi connectivity index (χ0v) is 19.0. The maximum atomic E-state index is 12.8. The Morgan fingerprint density at radius 2 is 2.00 bits per heavy atom. The molecule has 2 N–H and O–H groups in total. The number of hydrogen-bond acceptors (Lipinski definition) is 5. The Balaban J connectivity index is 1.66. The van der Waals surface area contributed by atoms with E-state index < -0.39 is 0 Å². The van der Waals surface area contributed by atoms with Crippen LogP contribution in [0.1, 0.15) is 57.0 Å². The quantitative estimate of drug-likeness (QED) is 0.548. The van der Waals surface area contributed by atoms with Crippen LogP contribution in [0.25, 0.3) is 0 Å². The monoisotopic (exact) mass is 445 g/mol. The third-order valence-electron chi connectivity index (χ3n) is 5.46. The summed E-state index contributed by atoms with van der Waals surface area (Å²) in [6, 6.07) is 7.31. The van der Waals surface area contributed by atoms with Crippen molar-refractivity contribution in [3.63, 3.8) is 0 Å². The lowest BCUT2D eigenvalue weighted by atomic mass is 10.0. The van der Waals surface area contributed by atoms with Gasteiger partial charge >= 0.3 is 0 Å². The van der Waals surface area contributed by atoms with Gasteiger partial charge < -0.3 is 15.0 Å². The van der Waals surface area contributed by atoms with Crippen LogP contribution in [0.2, 0.25) is 0 Å². The third kappa shape index (κ3) is 5.94. The summed E-state index contributed by atoms with van der Waals surface area (Å²) in [5, 5.41) is 10.1. The summed E-state index contributed by atoms with van der Waals surface area (Å²) < 4.78 is 8.05. The number of hydrogen-bond donors (Lipinski definition) is 2. The average Bonchev–Trinajstić information content (AvgIpc) is 3.43. The number of para-hydroxylation sites is 1. The number of nitrogens with one attached hydrogen (secondary N) is 2. The van der Waals surface area contributed by atoms with Gasteiger partial charge in [0.25, 0.3) is 5.91 Å². The predicted molar refractivity (Wildman–Crippen MR) is 120 cm³/mol. The fourth-order valence-electron chi connectivity index (χ4n) is 3.81. The molecule has 0 aliphatic carbocycles. The number of H-pyrrole nitrogens is 1. The van der Waals surface area contributed by atoms with Gasteiger partial charge in [-0.25, -0.2) is 0 Å². The summed E-state index contributed by atoms with van der Waals surface area (Å²) in [4.78, 5) is 27.0. The summed E-state index contributed by atoms with van der Waals surface area (Å²) >= 11 is 5.27. The fourth-order valence-corrected chi connectivity index (χ4v) is 4.02. The van der Waals surface area contributed by atoms with E-state index in [2.05, 4.69) is 22.4 Å². The van der Waals surface area contributed by atoms with Crippen molar-refractivity contribution in [2.24, 2.45) is 0 Å². The van der Waals surface area contributed by atoms with Crippen molar-refractivity contribution in [2.75, 3.05) is 19.7 Å². The van der Waals surface area contributed by atoms with E-state index in [1.54, 1.807) is 4.57 Å². The van der Waals surface area contributed by atoms with Gasteiger partial charge in [-0.05, 0) is 44.0 Å². The van der Waals surface area contributed by atoms with Gasteiger partial charge in [0.05, 0.1) is 6.04 Å². The smallest absolute Gasteiger partial charge is 0.260 e. The largest absolute Gasteiger partial charge is 0.483 e. The SMILES string of the molecule is CCCc1n[nH]c(=S)n1CC(=O)NC(CC)c1ccccc1OCC(=O)N1CCCC1. The molecule has 1 aromatic heterocycles. The van der Waals surface area contributed by atoms with Crippen LogP contribution in [-0.2, 0) is 22.6 Å². The minimum atomic E-state index is -0.235. The summed E-state index contributed by atoms with van der Waals surface area (Å²) in [6.07, 6.45) is 4.45. The van der Waals surface area contributed by atoms with Crippen LogP contribution < -0.4 is 10.1 Å². The molecule has 2 aromatic rings. The second kappa shape index (κ2) is 11.1. The molecule has 31 heavy (non-hydrogen) atoms. The first-order valence-corrected chi connectivity index (χ1v) is 11.4. The average molecular weight is 446 g/mol. The summed E-state index contributed by atoms with van der Waals surface area (Å²) in [5.74, 6) is 1.25. The van der Waals surface area contributed by atoms with Gasteiger partial charge in [-0.2, -0.15) is 5.10 Å². The fraction of sp³-hybridized carbons (Fsp3) is 0.545. The van der Waals surface area contributed by atoms with Gasteiger partial charge in [-0.1, -0.05) is 32.0 Å². The number of aromatic amines is 1. The van der Waals surface area contributed by atoms with E-state index >= 15 is 0 Å². The van der Waals surface area contributed by atoms with Crippen molar-refractivity contribution in [3.05, 3.63) is 40.4 Å². The molecule has 9 heteroatoms. The maximum absolute atomic E-state index is 12.8. The number of carbonyl (C=O) groups is 2. The van der Waals surface area contributed by atoms with E-state index in [0.29, 0.717) is 16.9 Å². The lowest BCUT2D eigenvalue weighted by Crippen LogP contribution is -2.33. The van der Waals surface area contributed by atoms with Crippen molar-refractivity contribution in [2.45, 2.75) is 58.5 Å². The van der Waals surface area contributed by atoms with E-state index in [1.807, 2.05) is 36.1 Å². The van der Waals surface area contributed by atoms with E-state index in [9.17, 15) is 9.59 Å². The second-order valence-electron chi connectivity index (χ2n) is 7.72. The van der Waals surface area contributed by atoms with Crippen molar-refractivity contribution in [1.82, 2.24) is 25.0 Å². The molecule has 0 spiro atoms. The van der Waals surface area contributed by atoms with E-state index in [-0.39, 0.29) is 31.0 Å². The van der Waals surface area contributed by atoms with Crippen LogP contribution in [0.3, 0.4) is 0 Å². The number of ether oxygens (including phenoxy) is 1. The highest BCUT2D eigenvalue weighted by Gasteiger charge is 2.21. The molecule has 0 radical (unpaired) electrons. The van der Waals surface area contributed by atoms with Gasteiger partial charge in [-0.15, -0.1) is 0 Å². The molecule has 168 valence electrons. The summed E-state index contributed by atoms with van der Waals surface area (Å²) in [5.41, 5.74) is 0.858. The number of benzene rings is 1. The van der Waals surface area contributed by atoms with E-state index in [1.165, 1.54) is 0 Å². The predicted octanol–water partition coefficient (Wildman–Crippen LogP) is 3.16. The Labute approximate surface area is 188 Å². The topological polar surface area (TPSA) is 92.2 Å². The number of aryl methyl sites for hydroxylation is 1. The van der Waals surface area contributed by atoms with Gasteiger partial charge in [0.15, 0.2) is 11.4 Å². The van der Waals surface area contributed by atoms with Crippen LogP contribution in [-0.4, -0.2) is 51.2 Å². The molecule has 2 amide bonds. The molecular weight excluding hydrogens is 414 g/mol. The Hall–Kier alpha value is -2.68. The summed E-state index contributed by atoms with van der Waals surface area (Å²) in [7, 11) is 0. The number of likely N-dealkylation sites (tertiary alicyclic amines) is 1. The van der Waals surface area contributed by atoms with Gasteiger partial charge in [0.2, 0.25) is 5.91 Å². The zero-order valence-electron chi connectivity index (χ0n) is 18.2. The number of carbonyl (C=O) groups excluding carboxylic acids is 2. The normalized spacial score (nSPS) is 14.5. The van der Waals surface area contributed by atoms with Crippen LogP contribution in [0.15, 0.2) is 24.3 Å². The molecule has 1 aromatic carbocycles. The van der Waals surface area contributed by atoms with Crippen molar-refractivity contribution in [3.8, 4) is 5.75 Å². The van der Waals surface area contributed by atoms with Crippen molar-refractivity contribution < 1.29 is 14.3 Å². The highest BCUT2D eigenvalue weighted by atomic mass is 32.1. The number of amides is 2. The van der Waals surface area contributed by atoms with Crippen molar-refractivity contribution in [1.29, 1.82) is 0 Å². The van der Waals surface area contributed by atoms with Crippen LogP contribution >= 0.6 is 12.2 Å². The molecule has 1 saturated heterocycles. The van der Waals surface area contributed by atoms with E-state index in [4.69, 9.17) is 17.0 Å². The Bertz CT molecular complexity index is 949. The van der Waals surface area contributed by atoms with Gasteiger partial charge in [0, 0.05) is 25.1 Å². The summed E-state index contributed by atoms with van der Waals surface area (Å²) in [6.45, 7) is 5.77. The Kier molecular flexibility index (Phi) is 8.22. The molecule has 8 nitrogen and oxygen atoms in total. The molecule has 0 bridgehead atoms. The molecule has 2 heterocycles. The minimum absolute atomic E-state index is 0.00201. The molecule has 1 aliphatic rings. The maximum Gasteiger partial charge on any atom is 0.260 e. The first kappa shape index (κ1) is 23.0. The minimum Gasteiger partial charge on any atom is -0.483 e. The highest BCUT2D eigenvalue weighted by Crippen LogP contribution is 2.27. The lowest BCUT2D eigenvalue weighted by Gasteiger charge is -2.22. The number of nitrogens with zero attached hydrogens (tertiary/aromatic N) is 3. The first-order valence-electron chi connectivity index (χ1n) is 11.0. The number of rotatable bonds is 10. The molecule has 1 aliphatic heterocycles. The Morgan fingerprint density at radius 1 is 1.26 bits per heavy atom. The van der Waals surface area contributed by atoms with Gasteiger partial charge in [-0.3, -0.25) is 19.3 Å². The van der Waals surface area contributed by atoms with Crippen LogP contribution in [0, 0.1) is 4.77 Å². The number of aromatic nitrogens is 3. The van der Waals surface area contributed by atoms with Crippen molar-refractivity contribution >= 4 is 24.0 Å². The molecule has 1 atom stereocenters. The lowest BCUT2D eigenvalue weighted by molar-refractivity contribution is -0.132. The second-order valence-corrected chi connectivity index (χ2v) is 8.11. The molecular formula is C22H31N5O3S. The first-order chi connectivity index (χ1) is 15.0. The Morgan fingerprint density at radius 3 is 2.71 bits per heavy atom. The van der Waals surface area contributed by atoms with E-state index in [0.717, 1.165) is 50.2 Å². The highest BCUT2D eigenvalue weighted by molar-refractivity contribution is 7.71. The van der Waals surface area contributed by atoms with Crippen LogP contribution in [0.4, 0.5) is 0 Å². The molecule has 1 unspecified atom stereocenters.